The van der Waals surface area contributed by atoms with Gasteiger partial charge in [-0.2, -0.15) is 18.3 Å². The average molecular weight is 489 g/mol. The molecule has 186 valence electrons. The number of nitrogens with two attached hydrogens (primary N) is 1. The SMILES string of the molecule is CC(C)(C[C@@](O)(CNC(=O)c1cnn(-c2ccccc2)c1N)C(F)(F)F)c1cccc2c1OCC2. The molecule has 1 aliphatic rings. The molecule has 2 aromatic carbocycles. The lowest BCUT2D eigenvalue weighted by molar-refractivity contribution is -0.263. The van der Waals surface area contributed by atoms with Crippen LogP contribution >= 0.6 is 0 Å². The molecule has 0 unspecified atom stereocenters. The van der Waals surface area contributed by atoms with Crippen LogP contribution in [0.3, 0.4) is 0 Å². The molecule has 1 atom stereocenters. The van der Waals surface area contributed by atoms with E-state index in [2.05, 4.69) is 10.4 Å². The third kappa shape index (κ3) is 4.70. The van der Waals surface area contributed by atoms with E-state index in [-0.39, 0.29) is 11.4 Å². The van der Waals surface area contributed by atoms with E-state index in [0.717, 1.165) is 5.56 Å². The van der Waals surface area contributed by atoms with Crippen LogP contribution in [0.15, 0.2) is 54.7 Å². The summed E-state index contributed by atoms with van der Waals surface area (Å²) in [6, 6.07) is 14.1. The Morgan fingerprint density at radius 2 is 1.89 bits per heavy atom. The van der Waals surface area contributed by atoms with Gasteiger partial charge in [-0.05, 0) is 29.5 Å². The van der Waals surface area contributed by atoms with Gasteiger partial charge in [0.15, 0.2) is 5.60 Å². The number of carbonyl (C=O) groups is 1. The molecule has 7 nitrogen and oxygen atoms in total. The highest BCUT2D eigenvalue weighted by atomic mass is 19.4. The number of nitrogen functional groups attached to an aromatic ring is 1. The zero-order valence-corrected chi connectivity index (χ0v) is 19.4. The van der Waals surface area contributed by atoms with E-state index in [4.69, 9.17) is 10.5 Å². The third-order valence-electron chi connectivity index (χ3n) is 6.30. The number of aliphatic hydroxyl groups is 1. The number of fused-ring (bicyclic) bond motifs is 1. The fraction of sp³-hybridized carbons (Fsp3) is 0.360. The molecule has 0 aliphatic carbocycles. The fourth-order valence-electron chi connectivity index (χ4n) is 4.47. The van der Waals surface area contributed by atoms with Crippen LogP contribution in [0.25, 0.3) is 5.69 Å². The Bertz CT molecular complexity index is 1220. The van der Waals surface area contributed by atoms with E-state index in [9.17, 15) is 23.1 Å². The second kappa shape index (κ2) is 8.92. The first-order chi connectivity index (χ1) is 16.4. The summed E-state index contributed by atoms with van der Waals surface area (Å²) in [7, 11) is 0. The number of hydrogen-bond acceptors (Lipinski definition) is 5. The normalized spacial score (nSPS) is 15.3. The highest BCUT2D eigenvalue weighted by Crippen LogP contribution is 2.45. The largest absolute Gasteiger partial charge is 0.493 e. The molecule has 0 saturated heterocycles. The van der Waals surface area contributed by atoms with Crippen molar-refractivity contribution in [1.82, 2.24) is 15.1 Å². The minimum absolute atomic E-state index is 0.0263. The molecular weight excluding hydrogens is 461 g/mol. The van der Waals surface area contributed by atoms with Gasteiger partial charge in [-0.1, -0.05) is 50.2 Å². The topological polar surface area (TPSA) is 102 Å². The Morgan fingerprint density at radius 3 is 2.57 bits per heavy atom. The van der Waals surface area contributed by atoms with Crippen LogP contribution in [-0.4, -0.2) is 45.7 Å². The van der Waals surface area contributed by atoms with Gasteiger partial charge in [0.2, 0.25) is 0 Å². The second-order valence-electron chi connectivity index (χ2n) is 9.36. The van der Waals surface area contributed by atoms with Gasteiger partial charge in [-0.15, -0.1) is 0 Å². The van der Waals surface area contributed by atoms with Crippen molar-refractivity contribution in [2.75, 3.05) is 18.9 Å². The monoisotopic (exact) mass is 488 g/mol. The lowest BCUT2D eigenvalue weighted by Gasteiger charge is -2.38. The Balaban J connectivity index is 1.55. The smallest absolute Gasteiger partial charge is 0.418 e. The maximum Gasteiger partial charge on any atom is 0.418 e. The van der Waals surface area contributed by atoms with Crippen LogP contribution in [0.2, 0.25) is 0 Å². The summed E-state index contributed by atoms with van der Waals surface area (Å²) in [6.07, 6.45) is -3.84. The van der Waals surface area contributed by atoms with E-state index in [1.165, 1.54) is 10.9 Å². The zero-order chi connectivity index (χ0) is 25.4. The van der Waals surface area contributed by atoms with Crippen LogP contribution in [0.5, 0.6) is 5.75 Å². The maximum absolute atomic E-state index is 14.1. The molecule has 0 spiro atoms. The Kier molecular flexibility index (Phi) is 6.27. The number of aromatic nitrogens is 2. The average Bonchev–Trinajstić information content (AvgIpc) is 3.43. The number of hydrogen-bond donors (Lipinski definition) is 3. The fourth-order valence-corrected chi connectivity index (χ4v) is 4.47. The number of halogens is 3. The van der Waals surface area contributed by atoms with Gasteiger partial charge in [0, 0.05) is 12.0 Å². The van der Waals surface area contributed by atoms with E-state index < -0.39 is 36.1 Å². The summed E-state index contributed by atoms with van der Waals surface area (Å²) in [5, 5.41) is 17.1. The first-order valence-electron chi connectivity index (χ1n) is 11.1. The van der Waals surface area contributed by atoms with Gasteiger partial charge in [0.25, 0.3) is 5.91 Å². The predicted molar refractivity (Wildman–Crippen MR) is 125 cm³/mol. The van der Waals surface area contributed by atoms with Crippen molar-refractivity contribution < 1.29 is 27.8 Å². The molecule has 0 bridgehead atoms. The van der Waals surface area contributed by atoms with Gasteiger partial charge in [-0.25, -0.2) is 4.68 Å². The summed E-state index contributed by atoms with van der Waals surface area (Å²) in [6.45, 7) is 2.64. The molecule has 4 N–H and O–H groups in total. The van der Waals surface area contributed by atoms with E-state index in [1.54, 1.807) is 56.3 Å². The summed E-state index contributed by atoms with van der Waals surface area (Å²) in [4.78, 5) is 12.7. The van der Waals surface area contributed by atoms with Gasteiger partial charge in [0.1, 0.15) is 17.1 Å². The molecule has 1 amide bonds. The lowest BCUT2D eigenvalue weighted by atomic mass is 9.74. The number of anilines is 1. The molecule has 1 aliphatic heterocycles. The number of amides is 1. The Morgan fingerprint density at radius 1 is 1.17 bits per heavy atom. The minimum atomic E-state index is -5.00. The van der Waals surface area contributed by atoms with Crippen LogP contribution in [-0.2, 0) is 11.8 Å². The number of nitrogens with one attached hydrogen (secondary N) is 1. The Labute approximate surface area is 200 Å². The van der Waals surface area contributed by atoms with Gasteiger partial charge >= 0.3 is 6.18 Å². The highest BCUT2D eigenvalue weighted by molar-refractivity contribution is 5.98. The van der Waals surface area contributed by atoms with Crippen LogP contribution in [0.1, 0.15) is 41.8 Å². The molecule has 3 aromatic rings. The van der Waals surface area contributed by atoms with Gasteiger partial charge in [-0.3, -0.25) is 4.79 Å². The van der Waals surface area contributed by atoms with Crippen molar-refractivity contribution in [1.29, 1.82) is 0 Å². The predicted octanol–water partition coefficient (Wildman–Crippen LogP) is 3.78. The van der Waals surface area contributed by atoms with Crippen LogP contribution in [0, 0.1) is 0 Å². The maximum atomic E-state index is 14.1. The van der Waals surface area contributed by atoms with Gasteiger partial charge < -0.3 is 20.9 Å². The number of nitrogens with zero attached hydrogens (tertiary/aromatic N) is 2. The number of carbonyl (C=O) groups excluding carboxylic acids is 1. The molecule has 0 saturated carbocycles. The molecule has 10 heteroatoms. The molecule has 0 radical (unpaired) electrons. The molecule has 1 aromatic heterocycles. The molecule has 0 fully saturated rings. The summed E-state index contributed by atoms with van der Waals surface area (Å²) in [5.74, 6) is -0.331. The number of para-hydroxylation sites is 2. The van der Waals surface area contributed by atoms with Crippen LogP contribution in [0.4, 0.5) is 19.0 Å². The van der Waals surface area contributed by atoms with E-state index >= 15 is 0 Å². The number of ether oxygens (including phenoxy) is 1. The molecule has 35 heavy (non-hydrogen) atoms. The second-order valence-corrected chi connectivity index (χ2v) is 9.36. The van der Waals surface area contributed by atoms with Crippen LogP contribution < -0.4 is 15.8 Å². The number of rotatable bonds is 7. The Hall–Kier alpha value is -3.53. The molecule has 2 heterocycles. The summed E-state index contributed by atoms with van der Waals surface area (Å²) >= 11 is 0. The zero-order valence-electron chi connectivity index (χ0n) is 19.4. The van der Waals surface area contributed by atoms with Gasteiger partial charge in [0.05, 0.1) is 25.0 Å². The van der Waals surface area contributed by atoms with Crippen molar-refractivity contribution >= 4 is 11.7 Å². The quantitative estimate of drug-likeness (QED) is 0.470. The van der Waals surface area contributed by atoms with Crippen molar-refractivity contribution in [3.05, 3.63) is 71.4 Å². The van der Waals surface area contributed by atoms with Crippen molar-refractivity contribution in [2.45, 2.75) is 43.9 Å². The first kappa shape index (κ1) is 24.6. The number of alkyl halides is 3. The molecule has 4 rings (SSSR count). The summed E-state index contributed by atoms with van der Waals surface area (Å²) in [5.41, 5.74) is 3.73. The first-order valence-corrected chi connectivity index (χ1v) is 11.1. The van der Waals surface area contributed by atoms with E-state index in [1.807, 2.05) is 6.07 Å². The van der Waals surface area contributed by atoms with Crippen molar-refractivity contribution in [3.63, 3.8) is 0 Å². The lowest BCUT2D eigenvalue weighted by Crippen LogP contribution is -2.56. The van der Waals surface area contributed by atoms with Crippen molar-refractivity contribution in [3.8, 4) is 11.4 Å². The minimum Gasteiger partial charge on any atom is -0.493 e. The van der Waals surface area contributed by atoms with Crippen molar-refractivity contribution in [2.24, 2.45) is 0 Å². The summed E-state index contributed by atoms with van der Waals surface area (Å²) < 4.78 is 49.3. The molecular formula is C25H27F3N4O3. The van der Waals surface area contributed by atoms with E-state index in [0.29, 0.717) is 30.0 Å². The standard InChI is InChI=1S/C25H27F3N4O3/c1-23(2,19-10-6-7-16-11-12-35-20(16)19)14-24(34,25(26,27)28)15-30-22(33)18-13-31-32(21(18)29)17-8-4-3-5-9-17/h3-10,13,34H,11-12,14-15,29H2,1-2H3,(H,30,33)/t24-/m1/s1. The number of benzene rings is 2. The third-order valence-corrected chi connectivity index (χ3v) is 6.30. The highest BCUT2D eigenvalue weighted by Gasteiger charge is 2.56.